The normalized spacial score (nSPS) is 10.7. The Bertz CT molecular complexity index is 994. The lowest BCUT2D eigenvalue weighted by atomic mass is 10.2. The average Bonchev–Trinajstić information content (AvgIpc) is 3.09. The molecule has 0 fully saturated rings. The second-order valence-electron chi connectivity index (χ2n) is 5.74. The maximum atomic E-state index is 12.4. The Morgan fingerprint density at radius 1 is 1.18 bits per heavy atom. The van der Waals surface area contributed by atoms with Crippen LogP contribution in [0.25, 0.3) is 11.4 Å². The second-order valence-corrected chi connectivity index (χ2v) is 7.56. The van der Waals surface area contributed by atoms with Gasteiger partial charge in [0.25, 0.3) is 0 Å². The highest BCUT2D eigenvalue weighted by Crippen LogP contribution is 2.29. The third-order valence-electron chi connectivity index (χ3n) is 3.88. The number of hydrogen-bond acceptors (Lipinski definition) is 5. The summed E-state index contributed by atoms with van der Waals surface area (Å²) in [6, 6.07) is 12.5. The summed E-state index contributed by atoms with van der Waals surface area (Å²) in [5, 5.41) is 13.1. The summed E-state index contributed by atoms with van der Waals surface area (Å²) in [5.41, 5.74) is 1.40. The van der Waals surface area contributed by atoms with Crippen LogP contribution in [-0.2, 0) is 11.3 Å². The maximum Gasteiger partial charge on any atom is 0.234 e. The van der Waals surface area contributed by atoms with Crippen LogP contribution >= 0.6 is 35.0 Å². The van der Waals surface area contributed by atoms with E-state index in [-0.39, 0.29) is 11.7 Å². The molecule has 0 aliphatic heterocycles. The van der Waals surface area contributed by atoms with Crippen molar-refractivity contribution in [3.05, 3.63) is 52.5 Å². The van der Waals surface area contributed by atoms with Crippen LogP contribution in [0.1, 0.15) is 6.92 Å². The van der Waals surface area contributed by atoms with Crippen LogP contribution in [0.2, 0.25) is 10.0 Å². The number of hydrogen-bond donors (Lipinski definition) is 1. The summed E-state index contributed by atoms with van der Waals surface area (Å²) in [7, 11) is 1.54. The fourth-order valence-corrected chi connectivity index (χ4v) is 3.78. The third-order valence-corrected chi connectivity index (χ3v) is 5.32. The zero-order valence-electron chi connectivity index (χ0n) is 15.3. The first-order valence-electron chi connectivity index (χ1n) is 8.47. The van der Waals surface area contributed by atoms with Gasteiger partial charge in [0.1, 0.15) is 5.75 Å². The van der Waals surface area contributed by atoms with E-state index < -0.39 is 0 Å². The van der Waals surface area contributed by atoms with E-state index in [0.717, 1.165) is 5.56 Å². The van der Waals surface area contributed by atoms with Gasteiger partial charge in [-0.05, 0) is 37.3 Å². The Balaban J connectivity index is 1.71. The van der Waals surface area contributed by atoms with Crippen molar-refractivity contribution in [2.24, 2.45) is 0 Å². The first-order valence-corrected chi connectivity index (χ1v) is 10.2. The van der Waals surface area contributed by atoms with Gasteiger partial charge in [0.05, 0.1) is 18.6 Å². The van der Waals surface area contributed by atoms with E-state index in [4.69, 9.17) is 27.9 Å². The fraction of sp³-hybridized carbons (Fsp3) is 0.211. The van der Waals surface area contributed by atoms with Crippen molar-refractivity contribution < 1.29 is 9.53 Å². The van der Waals surface area contributed by atoms with Crippen molar-refractivity contribution in [1.29, 1.82) is 0 Å². The topological polar surface area (TPSA) is 69.0 Å². The number of carbonyl (C=O) groups excluding carboxylic acids is 1. The lowest BCUT2D eigenvalue weighted by Crippen LogP contribution is -2.15. The van der Waals surface area contributed by atoms with E-state index >= 15 is 0 Å². The Morgan fingerprint density at radius 3 is 2.68 bits per heavy atom. The van der Waals surface area contributed by atoms with Crippen molar-refractivity contribution in [3.8, 4) is 17.1 Å². The smallest absolute Gasteiger partial charge is 0.234 e. The van der Waals surface area contributed by atoms with Gasteiger partial charge in [0, 0.05) is 22.2 Å². The van der Waals surface area contributed by atoms with Crippen molar-refractivity contribution in [1.82, 2.24) is 14.8 Å². The van der Waals surface area contributed by atoms with Crippen LogP contribution in [0.15, 0.2) is 47.6 Å². The largest absolute Gasteiger partial charge is 0.495 e. The Hall–Kier alpha value is -2.22. The second kappa shape index (κ2) is 9.32. The van der Waals surface area contributed by atoms with Crippen LogP contribution in [0, 0.1) is 0 Å². The molecule has 1 N–H and O–H groups in total. The van der Waals surface area contributed by atoms with Crippen molar-refractivity contribution >= 4 is 46.6 Å². The number of anilines is 1. The number of nitrogens with one attached hydrogen (secondary N) is 1. The van der Waals surface area contributed by atoms with E-state index in [1.54, 1.807) is 18.2 Å². The molecule has 1 amide bonds. The Morgan fingerprint density at radius 2 is 1.96 bits per heavy atom. The van der Waals surface area contributed by atoms with Gasteiger partial charge in [0.15, 0.2) is 11.0 Å². The molecule has 0 unspecified atom stereocenters. The highest BCUT2D eigenvalue weighted by atomic mass is 35.5. The molecule has 9 heteroatoms. The monoisotopic (exact) mass is 436 g/mol. The molecule has 0 atom stereocenters. The molecule has 3 rings (SSSR count). The third kappa shape index (κ3) is 4.79. The minimum absolute atomic E-state index is 0.170. The summed E-state index contributed by atoms with van der Waals surface area (Å²) in [6.45, 7) is 2.67. The number of nitrogens with zero attached hydrogens (tertiary/aromatic N) is 3. The number of ether oxygens (including phenoxy) is 1. The van der Waals surface area contributed by atoms with Crippen LogP contribution in [0.5, 0.6) is 5.75 Å². The number of benzene rings is 2. The van der Waals surface area contributed by atoms with Gasteiger partial charge >= 0.3 is 0 Å². The fourth-order valence-electron chi connectivity index (χ4n) is 2.62. The average molecular weight is 437 g/mol. The molecule has 3 aromatic rings. The van der Waals surface area contributed by atoms with Gasteiger partial charge in [0.2, 0.25) is 5.91 Å². The minimum Gasteiger partial charge on any atom is -0.495 e. The summed E-state index contributed by atoms with van der Waals surface area (Å²) >= 11 is 13.4. The predicted molar refractivity (Wildman–Crippen MR) is 113 cm³/mol. The molecule has 0 aliphatic carbocycles. The number of carbonyl (C=O) groups is 1. The number of halogens is 2. The van der Waals surface area contributed by atoms with Crippen molar-refractivity contribution in [2.45, 2.75) is 18.6 Å². The van der Waals surface area contributed by atoms with E-state index in [9.17, 15) is 4.79 Å². The van der Waals surface area contributed by atoms with Crippen LogP contribution in [-0.4, -0.2) is 33.5 Å². The van der Waals surface area contributed by atoms with Crippen LogP contribution < -0.4 is 10.1 Å². The maximum absolute atomic E-state index is 12.4. The van der Waals surface area contributed by atoms with E-state index in [1.165, 1.54) is 18.9 Å². The van der Waals surface area contributed by atoms with Crippen LogP contribution in [0.3, 0.4) is 0 Å². The summed E-state index contributed by atoms with van der Waals surface area (Å²) in [5.74, 6) is 1.23. The molecule has 0 bridgehead atoms. The molecular weight excluding hydrogens is 419 g/mol. The molecule has 0 aliphatic rings. The van der Waals surface area contributed by atoms with Gasteiger partial charge in [-0.2, -0.15) is 0 Å². The number of methoxy groups -OCH3 is 1. The Labute approximate surface area is 177 Å². The summed E-state index contributed by atoms with van der Waals surface area (Å²) < 4.78 is 7.19. The lowest BCUT2D eigenvalue weighted by Gasteiger charge is -2.11. The van der Waals surface area contributed by atoms with Gasteiger partial charge in [-0.25, -0.2) is 0 Å². The molecule has 1 aromatic heterocycles. The number of rotatable bonds is 7. The molecule has 6 nitrogen and oxygen atoms in total. The molecule has 146 valence electrons. The summed E-state index contributed by atoms with van der Waals surface area (Å²) in [4.78, 5) is 12.4. The SMILES string of the molecule is CCn1c(SCC(=O)Nc2cc(Cl)ccc2OC)nnc1-c1cccc(Cl)c1. The highest BCUT2D eigenvalue weighted by molar-refractivity contribution is 7.99. The van der Waals surface area contributed by atoms with Gasteiger partial charge < -0.3 is 14.6 Å². The van der Waals surface area contributed by atoms with Crippen molar-refractivity contribution in [2.75, 3.05) is 18.2 Å². The standard InChI is InChI=1S/C19H18Cl2N4O2S/c1-3-25-18(12-5-4-6-13(20)9-12)23-24-19(25)28-11-17(26)22-15-10-14(21)7-8-16(15)27-2/h4-10H,3,11H2,1-2H3,(H,22,26). The molecule has 1 heterocycles. The van der Waals surface area contributed by atoms with E-state index in [0.29, 0.717) is 39.0 Å². The number of amides is 1. The quantitative estimate of drug-likeness (QED) is 0.527. The molecule has 0 radical (unpaired) electrons. The molecule has 0 spiro atoms. The van der Waals surface area contributed by atoms with Gasteiger partial charge in [-0.1, -0.05) is 47.1 Å². The minimum atomic E-state index is -0.194. The number of thioether (sulfide) groups is 1. The first kappa shape index (κ1) is 20.5. The molecule has 0 saturated carbocycles. The van der Waals surface area contributed by atoms with Gasteiger partial charge in [-0.15, -0.1) is 10.2 Å². The van der Waals surface area contributed by atoms with Crippen molar-refractivity contribution in [3.63, 3.8) is 0 Å². The molecule has 2 aromatic carbocycles. The Kier molecular flexibility index (Phi) is 6.83. The first-order chi connectivity index (χ1) is 13.5. The van der Waals surface area contributed by atoms with E-state index in [1.807, 2.05) is 35.8 Å². The molecule has 28 heavy (non-hydrogen) atoms. The molecular formula is C19H18Cl2N4O2S. The molecule has 0 saturated heterocycles. The zero-order valence-corrected chi connectivity index (χ0v) is 17.6. The predicted octanol–water partition coefficient (Wildman–Crippen LogP) is 5.01. The van der Waals surface area contributed by atoms with E-state index in [2.05, 4.69) is 15.5 Å². The zero-order chi connectivity index (χ0) is 20.1. The summed E-state index contributed by atoms with van der Waals surface area (Å²) in [6.07, 6.45) is 0. The highest BCUT2D eigenvalue weighted by Gasteiger charge is 2.15. The van der Waals surface area contributed by atoms with Crippen LogP contribution in [0.4, 0.5) is 5.69 Å². The lowest BCUT2D eigenvalue weighted by molar-refractivity contribution is -0.113. The number of aromatic nitrogens is 3. The van der Waals surface area contributed by atoms with Gasteiger partial charge in [-0.3, -0.25) is 4.79 Å².